The normalized spacial score (nSPS) is 24.5. The van der Waals surface area contributed by atoms with Crippen molar-refractivity contribution in [2.75, 3.05) is 6.38 Å². The number of rotatable bonds is 2. The summed E-state index contributed by atoms with van der Waals surface area (Å²) in [5.74, 6) is 0. The minimum Gasteiger partial charge on any atom is -0.130 e. The van der Waals surface area contributed by atoms with E-state index in [2.05, 4.69) is 86.1 Å². The maximum Gasteiger partial charge on any atom is 0.0108 e. The second-order valence-corrected chi connectivity index (χ2v) is 19.0. The van der Waals surface area contributed by atoms with Gasteiger partial charge in [0.15, 0.2) is 0 Å². The molecule has 0 spiro atoms. The fraction of sp³-hybridized carbons (Fsp3) is 0.304. The van der Waals surface area contributed by atoms with E-state index in [1.165, 1.54) is 17.5 Å². The molecule has 1 saturated heterocycles. The molecule has 0 nitrogen and oxygen atoms in total. The molecule has 0 amide bonds. The first kappa shape index (κ1) is 17.5. The Labute approximate surface area is 161 Å². The zero-order valence-corrected chi connectivity index (χ0v) is 18.4. The van der Waals surface area contributed by atoms with Gasteiger partial charge in [0.1, 0.15) is 0 Å². The molecule has 1 heterocycles. The molecule has 0 aromatic heterocycles. The Morgan fingerprint density at radius 1 is 0.720 bits per heavy atom. The van der Waals surface area contributed by atoms with Gasteiger partial charge in [-0.1, -0.05) is 0 Å². The smallest absolute Gasteiger partial charge is 0.0108 e. The summed E-state index contributed by atoms with van der Waals surface area (Å²) in [7, 11) is 0. The van der Waals surface area contributed by atoms with Gasteiger partial charge in [-0.15, -0.1) is 11.6 Å². The predicted molar refractivity (Wildman–Crippen MR) is 107 cm³/mol. The fourth-order valence-electron chi connectivity index (χ4n) is 5.37. The van der Waals surface area contributed by atoms with Gasteiger partial charge in [0.05, 0.1) is 0 Å². The first-order valence-corrected chi connectivity index (χ1v) is 16.2. The number of halogens is 1. The van der Waals surface area contributed by atoms with Crippen LogP contribution in [0.5, 0.6) is 0 Å². The molecule has 2 aromatic rings. The quantitative estimate of drug-likeness (QED) is 0.446. The van der Waals surface area contributed by atoms with Crippen molar-refractivity contribution in [2.45, 2.75) is 29.4 Å². The van der Waals surface area contributed by atoms with Crippen molar-refractivity contribution in [3.63, 3.8) is 0 Å². The van der Waals surface area contributed by atoms with Gasteiger partial charge in [-0.25, -0.2) is 0 Å². The second-order valence-electron chi connectivity index (χ2n) is 7.63. The van der Waals surface area contributed by atoms with E-state index in [9.17, 15) is 0 Å². The Hall–Kier alpha value is -0.907. The molecular weight excluding hydrogens is 403 g/mol. The third-order valence-corrected chi connectivity index (χ3v) is 19.8. The molecule has 25 heavy (non-hydrogen) atoms. The van der Waals surface area contributed by atoms with Crippen LogP contribution in [-0.4, -0.2) is 6.38 Å². The first-order chi connectivity index (χ1) is 12.2. The number of benzene rings is 2. The van der Waals surface area contributed by atoms with Crippen LogP contribution in [0.2, 0.25) is 8.26 Å². The van der Waals surface area contributed by atoms with Crippen molar-refractivity contribution in [1.29, 1.82) is 0 Å². The summed E-state index contributed by atoms with van der Waals surface area (Å²) in [5.41, 5.74) is 9.58. The number of alkyl halides is 1. The average Bonchev–Trinajstić information content (AvgIpc) is 3.21. The van der Waals surface area contributed by atoms with Crippen molar-refractivity contribution in [3.8, 4) is 0 Å². The third kappa shape index (κ3) is 2.66. The minimum atomic E-state index is -2.25. The molecule has 2 heteroatoms. The van der Waals surface area contributed by atoms with Crippen LogP contribution in [0.3, 0.4) is 0 Å². The van der Waals surface area contributed by atoms with Crippen LogP contribution in [-0.2, 0) is 20.3 Å². The summed E-state index contributed by atoms with van der Waals surface area (Å²) in [6, 6.07) is 18.3. The Morgan fingerprint density at radius 3 is 1.52 bits per heavy atom. The maximum absolute atomic E-state index is 4.64. The van der Waals surface area contributed by atoms with Crippen LogP contribution in [0.15, 0.2) is 59.7 Å². The predicted octanol–water partition coefficient (Wildman–Crippen LogP) is 7.16. The van der Waals surface area contributed by atoms with E-state index in [0.717, 1.165) is 7.25 Å². The Bertz CT molecular complexity index is 804. The van der Waals surface area contributed by atoms with E-state index in [1.807, 2.05) is 0 Å². The van der Waals surface area contributed by atoms with Crippen LogP contribution in [0, 0.1) is 0 Å². The summed E-state index contributed by atoms with van der Waals surface area (Å²) in [6.07, 6.45) is 6.41. The van der Waals surface area contributed by atoms with Gasteiger partial charge in [-0.05, 0) is 0 Å². The average molecular weight is 428 g/mol. The number of fused-ring (bicyclic) bond motifs is 2. The van der Waals surface area contributed by atoms with Gasteiger partial charge in [-0.2, -0.15) is 0 Å². The standard InChI is InChI=1S/2C10H9.C2H4.CH3Cl.Zr/c2*1-8-6-9-4-2-3-5-10(9)7-8;2*1-2;/h2*2-7H,1H3;1-2H2;1H3;. The van der Waals surface area contributed by atoms with Crippen molar-refractivity contribution in [3.05, 3.63) is 81.9 Å². The van der Waals surface area contributed by atoms with E-state index >= 15 is 0 Å². The van der Waals surface area contributed by atoms with Crippen LogP contribution >= 0.6 is 11.6 Å². The molecule has 0 bridgehead atoms. The third-order valence-electron chi connectivity index (χ3n) is 6.27. The molecule has 1 fully saturated rings. The van der Waals surface area contributed by atoms with Gasteiger partial charge in [-0.3, -0.25) is 0 Å². The molecular formula is C23H25ClZr. The van der Waals surface area contributed by atoms with E-state index in [0.29, 0.717) is 0 Å². The van der Waals surface area contributed by atoms with Gasteiger partial charge in [0, 0.05) is 6.38 Å². The zero-order valence-electron chi connectivity index (χ0n) is 15.2. The number of hydrogen-bond acceptors (Lipinski definition) is 0. The molecule has 1 aliphatic heterocycles. The van der Waals surface area contributed by atoms with Crippen LogP contribution in [0.1, 0.15) is 43.4 Å². The summed E-state index contributed by atoms with van der Waals surface area (Å²) < 4.78 is 4.73. The monoisotopic (exact) mass is 426 g/mol. The maximum atomic E-state index is 4.64. The van der Waals surface area contributed by atoms with Gasteiger partial charge in [0.25, 0.3) is 0 Å². The van der Waals surface area contributed by atoms with Gasteiger partial charge >= 0.3 is 144 Å². The summed E-state index contributed by atoms with van der Waals surface area (Å²) in [4.78, 5) is 0. The molecule has 3 aliphatic rings. The van der Waals surface area contributed by atoms with Crippen LogP contribution < -0.4 is 0 Å². The number of allylic oxidation sites excluding steroid dienone is 2. The molecule has 128 valence electrons. The molecule has 2 aromatic carbocycles. The number of hydrogen-bond donors (Lipinski definition) is 0. The summed E-state index contributed by atoms with van der Waals surface area (Å²) in [6.45, 7) is 4.78. The minimum absolute atomic E-state index is 0.806. The van der Waals surface area contributed by atoms with Crippen LogP contribution in [0.4, 0.5) is 0 Å². The topological polar surface area (TPSA) is 0 Å². The van der Waals surface area contributed by atoms with Crippen LogP contribution in [0.25, 0.3) is 12.2 Å². The largest absolute Gasteiger partial charge is 0.130 e. The van der Waals surface area contributed by atoms with Crippen molar-refractivity contribution in [1.82, 2.24) is 0 Å². The zero-order chi connectivity index (χ0) is 17.6. The van der Waals surface area contributed by atoms with Crippen molar-refractivity contribution >= 4 is 23.8 Å². The van der Waals surface area contributed by atoms with Crippen molar-refractivity contribution in [2.24, 2.45) is 0 Å². The molecule has 0 saturated carbocycles. The Kier molecular flexibility index (Phi) is 4.67. The van der Waals surface area contributed by atoms with Crippen molar-refractivity contribution < 1.29 is 20.3 Å². The van der Waals surface area contributed by atoms with E-state index in [-0.39, 0.29) is 0 Å². The van der Waals surface area contributed by atoms with Gasteiger partial charge in [0.2, 0.25) is 0 Å². The fourth-order valence-corrected chi connectivity index (χ4v) is 23.1. The molecule has 5 rings (SSSR count). The summed E-state index contributed by atoms with van der Waals surface area (Å²) in [5, 5.41) is 0. The molecule has 2 unspecified atom stereocenters. The van der Waals surface area contributed by atoms with E-state index < -0.39 is 20.3 Å². The van der Waals surface area contributed by atoms with E-state index in [4.69, 9.17) is 0 Å². The molecule has 2 atom stereocenters. The summed E-state index contributed by atoms with van der Waals surface area (Å²) >= 11 is 2.39. The Balaban J connectivity index is 0.000000758. The first-order valence-electron chi connectivity index (χ1n) is 9.13. The molecule has 0 N–H and O–H groups in total. The SMILES string of the molecule is CC1=Cc2ccccc2[CH]1[Zr]1([CH]2C(C)=Cc3ccccc32)[CH2][CH2]1.CCl. The van der Waals surface area contributed by atoms with Gasteiger partial charge < -0.3 is 0 Å². The molecule has 2 aliphatic carbocycles. The Morgan fingerprint density at radius 2 is 1.12 bits per heavy atom. The second kappa shape index (κ2) is 6.68. The molecule has 0 radical (unpaired) electrons. The van der Waals surface area contributed by atoms with E-state index in [1.54, 1.807) is 30.5 Å².